The van der Waals surface area contributed by atoms with Crippen molar-refractivity contribution in [3.63, 3.8) is 0 Å². The molecule has 1 saturated heterocycles. The van der Waals surface area contributed by atoms with Gasteiger partial charge in [0.1, 0.15) is 0 Å². The summed E-state index contributed by atoms with van der Waals surface area (Å²) in [5.41, 5.74) is -0.0694. The average Bonchev–Trinajstić information content (AvgIpc) is 2.04. The third kappa shape index (κ3) is 1.92. The molecule has 0 aliphatic carbocycles. The molecule has 0 aromatic carbocycles. The fraction of sp³-hybridized carbons (Fsp3) is 1.00. The van der Waals surface area contributed by atoms with E-state index in [1.54, 1.807) is 0 Å². The van der Waals surface area contributed by atoms with E-state index in [-0.39, 0.29) is 12.0 Å². The van der Waals surface area contributed by atoms with Gasteiger partial charge in [0.15, 0.2) is 0 Å². The Morgan fingerprint density at radius 1 is 1.45 bits per heavy atom. The van der Waals surface area contributed by atoms with E-state index < -0.39 is 6.10 Å². The van der Waals surface area contributed by atoms with E-state index in [1.807, 2.05) is 6.92 Å². The maximum atomic E-state index is 9.46. The van der Waals surface area contributed by atoms with E-state index in [0.29, 0.717) is 0 Å². The predicted octanol–water partition coefficient (Wildman–Crippen LogP) is -0.271. The summed E-state index contributed by atoms with van der Waals surface area (Å²) < 4.78 is 0. The van der Waals surface area contributed by atoms with Gasteiger partial charge in [-0.25, -0.2) is 0 Å². The second kappa shape index (κ2) is 3.52. The zero-order valence-electron chi connectivity index (χ0n) is 7.01. The minimum atomic E-state index is -0.551. The first-order valence-electron chi connectivity index (χ1n) is 4.19. The van der Waals surface area contributed by atoms with Crippen LogP contribution in [-0.4, -0.2) is 36.0 Å². The number of rotatable bonds is 2. The van der Waals surface area contributed by atoms with Crippen molar-refractivity contribution in [3.8, 4) is 0 Å². The van der Waals surface area contributed by atoms with Gasteiger partial charge >= 0.3 is 0 Å². The minimum Gasteiger partial charge on any atom is -0.394 e. The lowest BCUT2D eigenvalue weighted by Gasteiger charge is -2.37. The van der Waals surface area contributed by atoms with E-state index in [1.165, 1.54) is 0 Å². The van der Waals surface area contributed by atoms with Crippen molar-refractivity contribution >= 4 is 0 Å². The van der Waals surface area contributed by atoms with Gasteiger partial charge in [0.05, 0.1) is 12.7 Å². The van der Waals surface area contributed by atoms with Gasteiger partial charge in [0, 0.05) is 0 Å². The molecule has 1 heterocycles. The summed E-state index contributed by atoms with van der Waals surface area (Å²) in [4.78, 5) is 0. The van der Waals surface area contributed by atoms with Crippen LogP contribution < -0.4 is 5.32 Å². The maximum absolute atomic E-state index is 9.46. The van der Waals surface area contributed by atoms with E-state index >= 15 is 0 Å². The van der Waals surface area contributed by atoms with Crippen LogP contribution in [0.3, 0.4) is 0 Å². The molecule has 0 bridgehead atoms. The Kier molecular flexibility index (Phi) is 2.87. The van der Waals surface area contributed by atoms with Crippen molar-refractivity contribution in [2.24, 2.45) is 5.41 Å². The third-order valence-electron chi connectivity index (χ3n) is 2.72. The Balaban J connectivity index is 2.49. The molecule has 0 aromatic heterocycles. The molecule has 11 heavy (non-hydrogen) atoms. The lowest BCUT2D eigenvalue weighted by Crippen LogP contribution is -2.43. The number of hydrogen-bond acceptors (Lipinski definition) is 3. The smallest absolute Gasteiger partial charge is 0.0825 e. The first-order valence-corrected chi connectivity index (χ1v) is 4.19. The van der Waals surface area contributed by atoms with Crippen LogP contribution in [-0.2, 0) is 0 Å². The normalized spacial score (nSPS) is 26.5. The van der Waals surface area contributed by atoms with Gasteiger partial charge in [0.25, 0.3) is 0 Å². The summed E-state index contributed by atoms with van der Waals surface area (Å²) in [5.74, 6) is 0. The zero-order valence-corrected chi connectivity index (χ0v) is 7.01. The summed E-state index contributed by atoms with van der Waals surface area (Å²) >= 11 is 0. The maximum Gasteiger partial charge on any atom is 0.0825 e. The number of hydrogen-bond donors (Lipinski definition) is 3. The Labute approximate surface area is 67.4 Å². The van der Waals surface area contributed by atoms with Crippen molar-refractivity contribution in [3.05, 3.63) is 0 Å². The minimum absolute atomic E-state index is 0.0694. The second-order valence-electron chi connectivity index (χ2n) is 3.60. The standard InChI is InChI=1S/C8H17NO2/c1-8(7(11)6-10)2-4-9-5-3-8/h7,9-11H,2-6H2,1H3. The fourth-order valence-electron chi connectivity index (χ4n) is 1.55. The molecule has 0 spiro atoms. The largest absolute Gasteiger partial charge is 0.394 e. The van der Waals surface area contributed by atoms with Crippen molar-refractivity contribution < 1.29 is 10.2 Å². The Morgan fingerprint density at radius 3 is 2.45 bits per heavy atom. The van der Waals surface area contributed by atoms with Gasteiger partial charge in [-0.2, -0.15) is 0 Å². The number of aliphatic hydroxyl groups excluding tert-OH is 2. The average molecular weight is 159 g/mol. The van der Waals surface area contributed by atoms with Gasteiger partial charge in [-0.15, -0.1) is 0 Å². The third-order valence-corrected chi connectivity index (χ3v) is 2.72. The van der Waals surface area contributed by atoms with Crippen molar-refractivity contribution in [1.82, 2.24) is 5.32 Å². The summed E-state index contributed by atoms with van der Waals surface area (Å²) in [6.45, 7) is 3.83. The highest BCUT2D eigenvalue weighted by Gasteiger charge is 2.33. The summed E-state index contributed by atoms with van der Waals surface area (Å²) in [5, 5.41) is 21.5. The first kappa shape index (κ1) is 8.97. The molecule has 3 N–H and O–H groups in total. The molecule has 3 nitrogen and oxygen atoms in total. The molecule has 0 aromatic rings. The molecule has 0 radical (unpaired) electrons. The number of aliphatic hydroxyl groups is 2. The van der Waals surface area contributed by atoms with Crippen LogP contribution in [0.1, 0.15) is 19.8 Å². The number of nitrogens with one attached hydrogen (secondary N) is 1. The van der Waals surface area contributed by atoms with Crippen LogP contribution in [0.2, 0.25) is 0 Å². The molecule has 1 fully saturated rings. The van der Waals surface area contributed by atoms with Crippen LogP contribution in [0.4, 0.5) is 0 Å². The van der Waals surface area contributed by atoms with Crippen molar-refractivity contribution in [1.29, 1.82) is 0 Å². The summed E-state index contributed by atoms with van der Waals surface area (Å²) in [6, 6.07) is 0. The molecule has 0 amide bonds. The van der Waals surface area contributed by atoms with Gasteiger partial charge in [-0.3, -0.25) is 0 Å². The lowest BCUT2D eigenvalue weighted by atomic mass is 9.76. The highest BCUT2D eigenvalue weighted by atomic mass is 16.3. The predicted molar refractivity (Wildman–Crippen MR) is 43.3 cm³/mol. The van der Waals surface area contributed by atoms with Gasteiger partial charge in [0.2, 0.25) is 0 Å². The van der Waals surface area contributed by atoms with E-state index in [0.717, 1.165) is 25.9 Å². The zero-order chi connectivity index (χ0) is 8.32. The summed E-state index contributed by atoms with van der Waals surface area (Å²) in [6.07, 6.45) is 1.35. The molecule has 1 atom stereocenters. The monoisotopic (exact) mass is 159 g/mol. The molecular weight excluding hydrogens is 142 g/mol. The first-order chi connectivity index (χ1) is 5.19. The fourth-order valence-corrected chi connectivity index (χ4v) is 1.55. The highest BCUT2D eigenvalue weighted by Crippen LogP contribution is 2.31. The quantitative estimate of drug-likeness (QED) is 0.520. The highest BCUT2D eigenvalue weighted by molar-refractivity contribution is 4.86. The van der Waals surface area contributed by atoms with Crippen LogP contribution >= 0.6 is 0 Å². The Bertz CT molecular complexity index is 121. The Morgan fingerprint density at radius 2 is 2.00 bits per heavy atom. The molecule has 1 rings (SSSR count). The number of piperidine rings is 1. The molecule has 3 heteroatoms. The lowest BCUT2D eigenvalue weighted by molar-refractivity contribution is -0.0224. The SMILES string of the molecule is CC1(C(O)CO)CCNCC1. The van der Waals surface area contributed by atoms with E-state index in [2.05, 4.69) is 5.32 Å². The topological polar surface area (TPSA) is 52.5 Å². The van der Waals surface area contributed by atoms with Crippen LogP contribution in [0.25, 0.3) is 0 Å². The van der Waals surface area contributed by atoms with Crippen LogP contribution in [0.15, 0.2) is 0 Å². The van der Waals surface area contributed by atoms with Crippen LogP contribution in [0.5, 0.6) is 0 Å². The molecule has 66 valence electrons. The van der Waals surface area contributed by atoms with Gasteiger partial charge in [-0.1, -0.05) is 6.92 Å². The summed E-state index contributed by atoms with van der Waals surface area (Å²) in [7, 11) is 0. The second-order valence-corrected chi connectivity index (χ2v) is 3.60. The van der Waals surface area contributed by atoms with Crippen LogP contribution in [0, 0.1) is 5.41 Å². The van der Waals surface area contributed by atoms with Gasteiger partial charge in [-0.05, 0) is 31.3 Å². The van der Waals surface area contributed by atoms with Crippen molar-refractivity contribution in [2.45, 2.75) is 25.9 Å². The molecule has 1 aliphatic rings. The van der Waals surface area contributed by atoms with Gasteiger partial charge < -0.3 is 15.5 Å². The molecule has 1 unspecified atom stereocenters. The molecule has 1 aliphatic heterocycles. The van der Waals surface area contributed by atoms with Crippen molar-refractivity contribution in [2.75, 3.05) is 19.7 Å². The molecular formula is C8H17NO2. The van der Waals surface area contributed by atoms with E-state index in [9.17, 15) is 5.11 Å². The van der Waals surface area contributed by atoms with E-state index in [4.69, 9.17) is 5.11 Å². The Hall–Kier alpha value is -0.120. The molecule has 0 saturated carbocycles.